The van der Waals surface area contributed by atoms with Crippen LogP contribution in [0.1, 0.15) is 63.5 Å². The molecule has 4 N–H and O–H groups in total. The van der Waals surface area contributed by atoms with Crippen LogP contribution < -0.4 is 11.5 Å². The van der Waals surface area contributed by atoms with E-state index in [2.05, 4.69) is 13.8 Å². The van der Waals surface area contributed by atoms with Gasteiger partial charge in [0.25, 0.3) is 5.91 Å². The Labute approximate surface area is 203 Å². The van der Waals surface area contributed by atoms with Gasteiger partial charge in [0.05, 0.1) is 6.04 Å². The maximum Gasteiger partial charge on any atom is 0.261 e. The van der Waals surface area contributed by atoms with E-state index in [-0.39, 0.29) is 11.7 Å². The number of carbonyl (C=O) groups is 2. The molecule has 1 heterocycles. The third kappa shape index (κ3) is 6.32. The summed E-state index contributed by atoms with van der Waals surface area (Å²) in [4.78, 5) is 32.3. The molecule has 0 aromatic heterocycles. The highest BCUT2D eigenvalue weighted by Crippen LogP contribution is 2.38. The number of nitrogens with zero attached hydrogens (tertiary/aromatic N) is 2. The molecule has 0 aliphatic carbocycles. The van der Waals surface area contributed by atoms with Crippen molar-refractivity contribution in [2.45, 2.75) is 70.4 Å². The molecular formula is C28H38N4O2. The summed E-state index contributed by atoms with van der Waals surface area (Å²) in [7, 11) is 0. The molecule has 1 aliphatic rings. The van der Waals surface area contributed by atoms with Gasteiger partial charge in [-0.2, -0.15) is 0 Å². The summed E-state index contributed by atoms with van der Waals surface area (Å²) in [5.74, 6) is 0.792. The molecule has 3 rings (SSSR count). The molecule has 34 heavy (non-hydrogen) atoms. The molecule has 0 saturated heterocycles. The summed E-state index contributed by atoms with van der Waals surface area (Å²) in [5, 5.41) is 0. The number of benzene rings is 2. The molecule has 182 valence electrons. The number of carbonyl (C=O) groups excluding carboxylic acids is 2. The quantitative estimate of drug-likeness (QED) is 0.436. The lowest BCUT2D eigenvalue weighted by molar-refractivity contribution is -0.132. The second kappa shape index (κ2) is 11.9. The average Bonchev–Trinajstić information content (AvgIpc) is 3.08. The molecule has 2 aromatic carbocycles. The Morgan fingerprint density at radius 3 is 2.29 bits per heavy atom. The Hall–Kier alpha value is -2.99. The standard InChI is InChI=1S/C28H38N4O2/c1-21(2)17-18-28(23-14-8-4-9-15-23)26(34)32(27(30)31-28)19-11-5-10-16-25(33)24(29)20-22-12-6-3-7-13-22/h3-4,6-9,12-15,21,24H,5,10-11,16-20,29H2,1-2H3,(H2,30,31)/t24-,28?/m0/s1. The second-order valence-corrected chi connectivity index (χ2v) is 9.66. The van der Waals surface area contributed by atoms with Gasteiger partial charge in [0.2, 0.25) is 0 Å². The minimum atomic E-state index is -0.935. The van der Waals surface area contributed by atoms with E-state index in [1.165, 1.54) is 0 Å². The fraction of sp³-hybridized carbons (Fsp3) is 0.464. The van der Waals surface area contributed by atoms with Crippen molar-refractivity contribution < 1.29 is 9.59 Å². The number of unbranched alkanes of at least 4 members (excludes halogenated alkanes) is 2. The van der Waals surface area contributed by atoms with Gasteiger partial charge in [-0.1, -0.05) is 80.9 Å². The van der Waals surface area contributed by atoms with E-state index < -0.39 is 11.6 Å². The first-order valence-electron chi connectivity index (χ1n) is 12.4. The number of Topliss-reactive ketones (excluding diaryl/α,β-unsaturated/α-hetero) is 1. The highest BCUT2D eigenvalue weighted by Gasteiger charge is 2.48. The Morgan fingerprint density at radius 2 is 1.65 bits per heavy atom. The van der Waals surface area contributed by atoms with Crippen LogP contribution in [-0.4, -0.2) is 35.1 Å². The molecule has 2 atom stereocenters. The number of ketones is 1. The summed E-state index contributed by atoms with van der Waals surface area (Å²) in [6.07, 6.45) is 4.87. The highest BCUT2D eigenvalue weighted by atomic mass is 16.2. The van der Waals surface area contributed by atoms with E-state index in [0.29, 0.717) is 37.7 Å². The van der Waals surface area contributed by atoms with E-state index in [0.717, 1.165) is 36.8 Å². The number of aliphatic imine (C=N–C) groups is 1. The van der Waals surface area contributed by atoms with E-state index in [1.54, 1.807) is 4.90 Å². The summed E-state index contributed by atoms with van der Waals surface area (Å²) in [5.41, 5.74) is 13.4. The Morgan fingerprint density at radius 1 is 1.00 bits per heavy atom. The molecule has 2 aromatic rings. The normalized spacial score (nSPS) is 18.9. The first-order valence-corrected chi connectivity index (χ1v) is 12.4. The van der Waals surface area contributed by atoms with Gasteiger partial charge in [-0.05, 0) is 49.1 Å². The first kappa shape index (κ1) is 25.6. The molecule has 0 saturated carbocycles. The van der Waals surface area contributed by atoms with Crippen LogP contribution in [0.3, 0.4) is 0 Å². The lowest BCUT2D eigenvalue weighted by atomic mass is 9.83. The Bertz CT molecular complexity index is 974. The summed E-state index contributed by atoms with van der Waals surface area (Å²) >= 11 is 0. The van der Waals surface area contributed by atoms with E-state index in [1.807, 2.05) is 60.7 Å². The smallest absolute Gasteiger partial charge is 0.261 e. The number of nitrogens with two attached hydrogens (primary N) is 2. The van der Waals surface area contributed by atoms with Gasteiger partial charge in [0.15, 0.2) is 11.5 Å². The second-order valence-electron chi connectivity index (χ2n) is 9.66. The van der Waals surface area contributed by atoms with Gasteiger partial charge >= 0.3 is 0 Å². The molecule has 1 amide bonds. The van der Waals surface area contributed by atoms with Crippen LogP contribution in [0.25, 0.3) is 0 Å². The predicted molar refractivity (Wildman–Crippen MR) is 137 cm³/mol. The van der Waals surface area contributed by atoms with E-state index in [4.69, 9.17) is 16.5 Å². The molecule has 0 radical (unpaired) electrons. The van der Waals surface area contributed by atoms with Gasteiger partial charge < -0.3 is 11.5 Å². The van der Waals surface area contributed by atoms with Gasteiger partial charge in [-0.15, -0.1) is 0 Å². The van der Waals surface area contributed by atoms with Crippen molar-refractivity contribution in [2.75, 3.05) is 6.54 Å². The van der Waals surface area contributed by atoms with Crippen molar-refractivity contribution in [1.82, 2.24) is 4.90 Å². The zero-order valence-electron chi connectivity index (χ0n) is 20.5. The molecule has 0 fully saturated rings. The monoisotopic (exact) mass is 462 g/mol. The largest absolute Gasteiger partial charge is 0.369 e. The van der Waals surface area contributed by atoms with Gasteiger partial charge in [0, 0.05) is 13.0 Å². The van der Waals surface area contributed by atoms with Crippen LogP contribution in [0.5, 0.6) is 0 Å². The number of guanidine groups is 1. The van der Waals surface area contributed by atoms with E-state index in [9.17, 15) is 9.59 Å². The van der Waals surface area contributed by atoms with Crippen molar-refractivity contribution in [1.29, 1.82) is 0 Å². The molecular weight excluding hydrogens is 424 g/mol. The van der Waals surface area contributed by atoms with Crippen LogP contribution >= 0.6 is 0 Å². The zero-order valence-corrected chi connectivity index (χ0v) is 20.5. The van der Waals surface area contributed by atoms with Gasteiger partial charge in [0.1, 0.15) is 5.78 Å². The fourth-order valence-corrected chi connectivity index (χ4v) is 4.47. The summed E-state index contributed by atoms with van der Waals surface area (Å²) in [6, 6.07) is 19.1. The molecule has 1 unspecified atom stereocenters. The average molecular weight is 463 g/mol. The van der Waals surface area contributed by atoms with Gasteiger partial charge in [-0.3, -0.25) is 14.5 Å². The maximum absolute atomic E-state index is 13.5. The third-order valence-electron chi connectivity index (χ3n) is 6.53. The highest BCUT2D eigenvalue weighted by molar-refractivity contribution is 6.07. The van der Waals surface area contributed by atoms with Crippen molar-refractivity contribution >= 4 is 17.6 Å². The first-order chi connectivity index (χ1) is 16.3. The van der Waals surface area contributed by atoms with Crippen LogP contribution in [0.4, 0.5) is 0 Å². The minimum Gasteiger partial charge on any atom is -0.369 e. The summed E-state index contributed by atoms with van der Waals surface area (Å²) < 4.78 is 0. The Balaban J connectivity index is 1.51. The fourth-order valence-electron chi connectivity index (χ4n) is 4.47. The maximum atomic E-state index is 13.5. The van der Waals surface area contributed by atoms with Crippen molar-refractivity contribution in [2.24, 2.45) is 22.4 Å². The molecule has 1 aliphatic heterocycles. The molecule has 6 heteroatoms. The van der Waals surface area contributed by atoms with Crippen molar-refractivity contribution in [3.05, 3.63) is 71.8 Å². The van der Waals surface area contributed by atoms with Crippen LogP contribution in [0, 0.1) is 5.92 Å². The number of amides is 1. The van der Waals surface area contributed by atoms with Crippen LogP contribution in [-0.2, 0) is 21.5 Å². The van der Waals surface area contributed by atoms with E-state index >= 15 is 0 Å². The number of rotatable bonds is 13. The van der Waals surface area contributed by atoms with Gasteiger partial charge in [-0.25, -0.2) is 4.99 Å². The number of hydrogen-bond acceptors (Lipinski definition) is 5. The van der Waals surface area contributed by atoms with Crippen molar-refractivity contribution in [3.63, 3.8) is 0 Å². The SMILES string of the molecule is CC(C)CCC1(c2ccccc2)N=C(N)N(CCCCCC(=O)[C@@H](N)Cc2ccccc2)C1=O. The lowest BCUT2D eigenvalue weighted by Crippen LogP contribution is -2.43. The molecule has 0 spiro atoms. The molecule has 0 bridgehead atoms. The minimum absolute atomic E-state index is 0.0437. The van der Waals surface area contributed by atoms with Crippen LogP contribution in [0.15, 0.2) is 65.7 Å². The predicted octanol–water partition coefficient (Wildman–Crippen LogP) is 4.17. The topological polar surface area (TPSA) is 102 Å². The number of hydrogen-bond donors (Lipinski definition) is 2. The Kier molecular flexibility index (Phi) is 8.99. The zero-order chi connectivity index (χ0) is 24.6. The lowest BCUT2D eigenvalue weighted by Gasteiger charge is -2.27. The molecule has 6 nitrogen and oxygen atoms in total. The van der Waals surface area contributed by atoms with Crippen LogP contribution in [0.2, 0.25) is 0 Å². The third-order valence-corrected chi connectivity index (χ3v) is 6.53. The van der Waals surface area contributed by atoms with Crippen molar-refractivity contribution in [3.8, 4) is 0 Å². The summed E-state index contributed by atoms with van der Waals surface area (Å²) in [6.45, 7) is 4.81.